The molecular weight excluding hydrogens is 158 g/mol. The van der Waals surface area contributed by atoms with Crippen LogP contribution in [0.5, 0.6) is 0 Å². The Bertz CT molecular complexity index is 180. The number of halogens is 1. The zero-order valence-corrected chi connectivity index (χ0v) is 5.84. The van der Waals surface area contributed by atoms with Crippen LogP contribution in [0.4, 0.5) is 0 Å². The van der Waals surface area contributed by atoms with Gasteiger partial charge in [0.05, 0.1) is 12.1 Å². The van der Waals surface area contributed by atoms with Crippen molar-refractivity contribution < 1.29 is 14.7 Å². The van der Waals surface area contributed by atoms with Crippen molar-refractivity contribution in [1.29, 1.82) is 0 Å². The Morgan fingerprint density at radius 2 is 2.70 bits per heavy atom. The number of hydrogen-bond donors (Lipinski definition) is 1. The molecule has 0 aliphatic carbocycles. The lowest BCUT2D eigenvalue weighted by molar-refractivity contribution is -0.135. The van der Waals surface area contributed by atoms with E-state index in [0.717, 1.165) is 0 Å². The molecule has 0 amide bonds. The maximum atomic E-state index is 10.1. The molecule has 0 bridgehead atoms. The molecule has 56 valence electrons. The second-order valence-corrected chi connectivity index (χ2v) is 2.44. The summed E-state index contributed by atoms with van der Waals surface area (Å²) >= 11 is 5.60. The number of carboxylic acid groups (broad SMARTS) is 1. The molecule has 1 aliphatic heterocycles. The molecule has 1 unspecified atom stereocenters. The largest absolute Gasteiger partial charge is 0.481 e. The van der Waals surface area contributed by atoms with Crippen molar-refractivity contribution in [2.24, 2.45) is 5.16 Å². The Hall–Kier alpha value is -0.770. The van der Waals surface area contributed by atoms with E-state index in [0.29, 0.717) is 5.71 Å². The third-order valence-corrected chi connectivity index (χ3v) is 1.47. The van der Waals surface area contributed by atoms with Crippen molar-refractivity contribution in [2.45, 2.75) is 11.8 Å². The van der Waals surface area contributed by atoms with Gasteiger partial charge in [-0.2, -0.15) is 0 Å². The van der Waals surface area contributed by atoms with Gasteiger partial charge in [-0.25, -0.2) is 0 Å². The van der Waals surface area contributed by atoms with E-state index in [1.54, 1.807) is 0 Å². The van der Waals surface area contributed by atoms with E-state index in [1.165, 1.54) is 0 Å². The van der Waals surface area contributed by atoms with Crippen LogP contribution in [0.15, 0.2) is 5.16 Å². The fraction of sp³-hybridized carbons (Fsp3) is 0.600. The zero-order chi connectivity index (χ0) is 7.56. The number of hydrogen-bond acceptors (Lipinski definition) is 3. The molecular formula is C5H6ClNO3. The van der Waals surface area contributed by atoms with Crippen LogP contribution in [0.25, 0.3) is 0 Å². The molecule has 1 N–H and O–H groups in total. The number of oxime groups is 1. The fourth-order valence-corrected chi connectivity index (χ4v) is 0.810. The van der Waals surface area contributed by atoms with Crippen LogP contribution >= 0.6 is 11.6 Å². The van der Waals surface area contributed by atoms with Crippen LogP contribution < -0.4 is 0 Å². The maximum Gasteiger partial charge on any atom is 0.309 e. The highest BCUT2D eigenvalue weighted by Gasteiger charge is 2.22. The summed E-state index contributed by atoms with van der Waals surface area (Å²) in [6.45, 7) is 0.282. The van der Waals surface area contributed by atoms with Gasteiger partial charge in [-0.15, -0.1) is 11.6 Å². The van der Waals surface area contributed by atoms with Gasteiger partial charge in [-0.3, -0.25) is 4.79 Å². The standard InChI is InChI=1S/C5H6ClNO3/c6-3-2-10-7-4(3)1-5(8)9/h3H,1-2H2,(H,8,9). The monoisotopic (exact) mass is 163 g/mol. The Morgan fingerprint density at radius 3 is 3.10 bits per heavy atom. The van der Waals surface area contributed by atoms with Crippen LogP contribution in [0.1, 0.15) is 6.42 Å². The Kier molecular flexibility index (Phi) is 2.11. The molecule has 0 aromatic heterocycles. The van der Waals surface area contributed by atoms with E-state index < -0.39 is 5.97 Å². The third-order valence-electron chi connectivity index (χ3n) is 1.10. The lowest BCUT2D eigenvalue weighted by atomic mass is 10.2. The Balaban J connectivity index is 2.47. The molecule has 10 heavy (non-hydrogen) atoms. The van der Waals surface area contributed by atoms with Gasteiger partial charge in [0.1, 0.15) is 12.0 Å². The summed E-state index contributed by atoms with van der Waals surface area (Å²) in [6, 6.07) is 0. The first-order valence-electron chi connectivity index (χ1n) is 2.74. The molecule has 0 aromatic carbocycles. The number of carboxylic acids is 1. The van der Waals surface area contributed by atoms with Crippen molar-refractivity contribution in [3.05, 3.63) is 0 Å². The van der Waals surface area contributed by atoms with Crippen molar-refractivity contribution in [3.63, 3.8) is 0 Å². The SMILES string of the molecule is O=C(O)CC1=NOCC1Cl. The summed E-state index contributed by atoms with van der Waals surface area (Å²) in [5.74, 6) is -0.935. The maximum absolute atomic E-state index is 10.1. The molecule has 0 aromatic rings. The molecule has 4 nitrogen and oxygen atoms in total. The van der Waals surface area contributed by atoms with Gasteiger partial charge in [-0.05, 0) is 0 Å². The summed E-state index contributed by atoms with van der Waals surface area (Å²) in [7, 11) is 0. The predicted octanol–water partition coefficient (Wildman–Crippen LogP) is 0.455. The predicted molar refractivity (Wildman–Crippen MR) is 35.3 cm³/mol. The summed E-state index contributed by atoms with van der Waals surface area (Å²) < 4.78 is 0. The van der Waals surface area contributed by atoms with E-state index in [1.807, 2.05) is 0 Å². The fourth-order valence-electron chi connectivity index (χ4n) is 0.637. The Morgan fingerprint density at radius 1 is 2.00 bits per heavy atom. The first kappa shape index (κ1) is 7.34. The van der Waals surface area contributed by atoms with Crippen molar-refractivity contribution >= 4 is 23.3 Å². The van der Waals surface area contributed by atoms with Crippen LogP contribution in [0, 0.1) is 0 Å². The minimum atomic E-state index is -0.935. The van der Waals surface area contributed by atoms with Gasteiger partial charge in [0.2, 0.25) is 0 Å². The minimum Gasteiger partial charge on any atom is -0.481 e. The number of nitrogens with zero attached hydrogens (tertiary/aromatic N) is 1. The molecule has 1 rings (SSSR count). The molecule has 0 saturated carbocycles. The second-order valence-electron chi connectivity index (χ2n) is 1.92. The number of alkyl halides is 1. The highest BCUT2D eigenvalue weighted by atomic mass is 35.5. The number of rotatable bonds is 2. The van der Waals surface area contributed by atoms with Crippen molar-refractivity contribution in [3.8, 4) is 0 Å². The smallest absolute Gasteiger partial charge is 0.309 e. The molecule has 1 heterocycles. The van der Waals surface area contributed by atoms with Crippen LogP contribution in [-0.2, 0) is 9.63 Å². The van der Waals surface area contributed by atoms with E-state index in [2.05, 4.69) is 9.99 Å². The Labute approximate surface area is 62.4 Å². The lowest BCUT2D eigenvalue weighted by Crippen LogP contribution is -2.16. The first-order valence-corrected chi connectivity index (χ1v) is 3.18. The van der Waals surface area contributed by atoms with Gasteiger partial charge in [0.15, 0.2) is 0 Å². The average Bonchev–Trinajstić information content (AvgIpc) is 2.15. The van der Waals surface area contributed by atoms with Gasteiger partial charge in [0, 0.05) is 0 Å². The minimum absolute atomic E-state index is 0.131. The molecule has 1 aliphatic rings. The summed E-state index contributed by atoms with van der Waals surface area (Å²) in [5.41, 5.74) is 0.397. The van der Waals surface area contributed by atoms with Crippen molar-refractivity contribution in [2.75, 3.05) is 6.61 Å². The topological polar surface area (TPSA) is 58.9 Å². The summed E-state index contributed by atoms with van der Waals surface area (Å²) in [4.78, 5) is 14.7. The number of carbonyl (C=O) groups is 1. The first-order chi connectivity index (χ1) is 4.70. The van der Waals surface area contributed by atoms with E-state index >= 15 is 0 Å². The number of aliphatic carboxylic acids is 1. The molecule has 0 saturated heterocycles. The van der Waals surface area contributed by atoms with E-state index in [-0.39, 0.29) is 18.4 Å². The van der Waals surface area contributed by atoms with Crippen LogP contribution in [0.3, 0.4) is 0 Å². The highest BCUT2D eigenvalue weighted by molar-refractivity contribution is 6.33. The highest BCUT2D eigenvalue weighted by Crippen LogP contribution is 2.10. The summed E-state index contributed by atoms with van der Waals surface area (Å²) in [5, 5.41) is 11.4. The summed E-state index contributed by atoms with van der Waals surface area (Å²) in [6.07, 6.45) is -0.131. The van der Waals surface area contributed by atoms with E-state index in [4.69, 9.17) is 16.7 Å². The molecule has 5 heteroatoms. The molecule has 0 fully saturated rings. The van der Waals surface area contributed by atoms with Gasteiger partial charge < -0.3 is 9.94 Å². The second kappa shape index (κ2) is 2.88. The van der Waals surface area contributed by atoms with Crippen LogP contribution in [0.2, 0.25) is 0 Å². The van der Waals surface area contributed by atoms with Gasteiger partial charge >= 0.3 is 5.97 Å². The van der Waals surface area contributed by atoms with Crippen molar-refractivity contribution in [1.82, 2.24) is 0 Å². The molecule has 0 radical (unpaired) electrons. The molecule has 0 spiro atoms. The molecule has 1 atom stereocenters. The zero-order valence-electron chi connectivity index (χ0n) is 5.08. The van der Waals surface area contributed by atoms with E-state index in [9.17, 15) is 4.79 Å². The lowest BCUT2D eigenvalue weighted by Gasteiger charge is -1.95. The van der Waals surface area contributed by atoms with Gasteiger partial charge in [0.25, 0.3) is 0 Å². The normalized spacial score (nSPS) is 23.7. The van der Waals surface area contributed by atoms with Crippen LogP contribution in [-0.4, -0.2) is 28.8 Å². The average molecular weight is 164 g/mol. The third kappa shape index (κ3) is 1.60. The van der Waals surface area contributed by atoms with Gasteiger partial charge in [-0.1, -0.05) is 5.16 Å². The quantitative estimate of drug-likeness (QED) is 0.602.